The van der Waals surface area contributed by atoms with Gasteiger partial charge in [0.15, 0.2) is 23.0 Å². The lowest BCUT2D eigenvalue weighted by atomic mass is 9.94. The average molecular weight is 376 g/mol. The minimum absolute atomic E-state index is 0.298. The van der Waals surface area contributed by atoms with Crippen molar-refractivity contribution in [3.63, 3.8) is 0 Å². The highest BCUT2D eigenvalue weighted by molar-refractivity contribution is 5.70. The van der Waals surface area contributed by atoms with Crippen LogP contribution in [0, 0.1) is 0 Å². The number of carbonyl (C=O) groups excluding carboxylic acids is 1. The molecule has 0 saturated heterocycles. The highest BCUT2D eigenvalue weighted by atomic mass is 16.6. The Morgan fingerprint density at radius 1 is 1.04 bits per heavy atom. The molecule has 2 rings (SSSR count). The number of rotatable bonds is 9. The zero-order valence-corrected chi connectivity index (χ0v) is 16.7. The molecular weight excluding hydrogens is 348 g/mol. The molecule has 0 aliphatic heterocycles. The first-order valence-electron chi connectivity index (χ1n) is 8.98. The monoisotopic (exact) mass is 376 g/mol. The Labute approximate surface area is 160 Å². The molecule has 1 atom stereocenters. The first kappa shape index (κ1) is 20.8. The molecule has 6 heteroatoms. The summed E-state index contributed by atoms with van der Waals surface area (Å²) in [6.45, 7) is 1.75. The number of allylic oxidation sites excluding steroid dienone is 1. The number of hydrogen-bond donors (Lipinski definition) is 0. The Balaban J connectivity index is 2.15. The SMILES string of the molecule is CCC(=O)OC1=C(OC)C=C(CCc2ccc(OC)c(OC)c2)CC1OC. The molecule has 0 aromatic heterocycles. The standard InChI is InChI=1S/C21H28O6/c1-6-20(22)27-21-18(25-4)12-15(13-19(21)26-5)8-7-14-9-10-16(23-2)17(11-14)24-3/h9-12,19H,6-8,13H2,1-5H3. The number of benzene rings is 1. The van der Waals surface area contributed by atoms with Crippen molar-refractivity contribution in [2.24, 2.45) is 0 Å². The van der Waals surface area contributed by atoms with Crippen LogP contribution in [0.25, 0.3) is 0 Å². The van der Waals surface area contributed by atoms with Gasteiger partial charge in [0.25, 0.3) is 0 Å². The van der Waals surface area contributed by atoms with Gasteiger partial charge in [-0.25, -0.2) is 0 Å². The fourth-order valence-corrected chi connectivity index (χ4v) is 2.98. The summed E-state index contributed by atoms with van der Waals surface area (Å²) in [4.78, 5) is 11.7. The Morgan fingerprint density at radius 2 is 1.78 bits per heavy atom. The summed E-state index contributed by atoms with van der Waals surface area (Å²) in [5, 5.41) is 0. The van der Waals surface area contributed by atoms with E-state index in [1.54, 1.807) is 35.4 Å². The first-order chi connectivity index (χ1) is 13.1. The van der Waals surface area contributed by atoms with Crippen LogP contribution < -0.4 is 9.47 Å². The second kappa shape index (κ2) is 10.0. The van der Waals surface area contributed by atoms with Crippen LogP contribution in [0.3, 0.4) is 0 Å². The second-order valence-corrected chi connectivity index (χ2v) is 6.18. The van der Waals surface area contributed by atoms with Crippen molar-refractivity contribution in [3.05, 3.63) is 46.9 Å². The van der Waals surface area contributed by atoms with E-state index in [4.69, 9.17) is 23.7 Å². The molecule has 0 fully saturated rings. The van der Waals surface area contributed by atoms with Crippen molar-refractivity contribution >= 4 is 5.97 Å². The van der Waals surface area contributed by atoms with E-state index in [9.17, 15) is 4.79 Å². The van der Waals surface area contributed by atoms with Crippen molar-refractivity contribution < 1.29 is 28.5 Å². The van der Waals surface area contributed by atoms with Crippen molar-refractivity contribution in [1.82, 2.24) is 0 Å². The summed E-state index contributed by atoms with van der Waals surface area (Å²) >= 11 is 0. The lowest BCUT2D eigenvalue weighted by Crippen LogP contribution is -2.24. The molecule has 0 spiro atoms. The smallest absolute Gasteiger partial charge is 0.310 e. The van der Waals surface area contributed by atoms with Crippen LogP contribution in [0.5, 0.6) is 11.5 Å². The maximum Gasteiger partial charge on any atom is 0.310 e. The predicted octanol–water partition coefficient (Wildman–Crippen LogP) is 3.79. The summed E-state index contributed by atoms with van der Waals surface area (Å²) in [7, 11) is 6.42. The number of esters is 1. The van der Waals surface area contributed by atoms with Gasteiger partial charge < -0.3 is 23.7 Å². The average Bonchev–Trinajstić information content (AvgIpc) is 2.71. The van der Waals surface area contributed by atoms with Crippen LogP contribution in [-0.2, 0) is 25.4 Å². The molecule has 1 aliphatic carbocycles. The molecule has 0 saturated carbocycles. The molecule has 148 valence electrons. The van der Waals surface area contributed by atoms with E-state index in [2.05, 4.69) is 0 Å². The van der Waals surface area contributed by atoms with E-state index in [0.29, 0.717) is 35.9 Å². The van der Waals surface area contributed by atoms with Crippen LogP contribution in [0.15, 0.2) is 41.4 Å². The minimum atomic E-state index is -0.333. The van der Waals surface area contributed by atoms with Crippen molar-refractivity contribution in [1.29, 1.82) is 0 Å². The van der Waals surface area contributed by atoms with Crippen LogP contribution in [0.2, 0.25) is 0 Å². The van der Waals surface area contributed by atoms with Gasteiger partial charge >= 0.3 is 5.97 Å². The summed E-state index contributed by atoms with van der Waals surface area (Å²) in [6.07, 6.45) is 4.23. The Kier molecular flexibility index (Phi) is 7.73. The summed E-state index contributed by atoms with van der Waals surface area (Å²) in [5.74, 6) is 2.11. The first-order valence-corrected chi connectivity index (χ1v) is 8.98. The van der Waals surface area contributed by atoms with Crippen molar-refractivity contribution in [2.45, 2.75) is 38.7 Å². The zero-order chi connectivity index (χ0) is 19.8. The van der Waals surface area contributed by atoms with Crippen molar-refractivity contribution in [2.75, 3.05) is 28.4 Å². The maximum atomic E-state index is 11.7. The maximum absolute atomic E-state index is 11.7. The molecule has 0 bridgehead atoms. The van der Waals surface area contributed by atoms with E-state index in [1.165, 1.54) is 5.57 Å². The van der Waals surface area contributed by atoms with E-state index < -0.39 is 0 Å². The molecule has 1 aromatic carbocycles. The molecule has 1 aliphatic rings. The fraction of sp³-hybridized carbons (Fsp3) is 0.476. The van der Waals surface area contributed by atoms with Gasteiger partial charge in [0.2, 0.25) is 0 Å². The topological polar surface area (TPSA) is 63.2 Å². The summed E-state index contributed by atoms with van der Waals surface area (Å²) < 4.78 is 27.1. The lowest BCUT2D eigenvalue weighted by Gasteiger charge is -2.26. The van der Waals surface area contributed by atoms with Crippen LogP contribution in [0.1, 0.15) is 31.7 Å². The van der Waals surface area contributed by atoms with Gasteiger partial charge in [0, 0.05) is 20.0 Å². The van der Waals surface area contributed by atoms with E-state index in [1.807, 2.05) is 24.3 Å². The third kappa shape index (κ3) is 5.26. The minimum Gasteiger partial charge on any atom is -0.493 e. The van der Waals surface area contributed by atoms with Crippen LogP contribution in [-0.4, -0.2) is 40.5 Å². The van der Waals surface area contributed by atoms with Gasteiger partial charge in [-0.15, -0.1) is 0 Å². The largest absolute Gasteiger partial charge is 0.493 e. The van der Waals surface area contributed by atoms with E-state index in [0.717, 1.165) is 18.4 Å². The van der Waals surface area contributed by atoms with Gasteiger partial charge in [0.05, 0.1) is 21.3 Å². The van der Waals surface area contributed by atoms with Gasteiger partial charge in [-0.3, -0.25) is 4.79 Å². The third-order valence-corrected chi connectivity index (χ3v) is 4.52. The van der Waals surface area contributed by atoms with Gasteiger partial charge in [-0.2, -0.15) is 0 Å². The molecule has 0 radical (unpaired) electrons. The molecule has 0 N–H and O–H groups in total. The third-order valence-electron chi connectivity index (χ3n) is 4.52. The van der Waals surface area contributed by atoms with Crippen molar-refractivity contribution in [3.8, 4) is 11.5 Å². The van der Waals surface area contributed by atoms with Gasteiger partial charge in [0.1, 0.15) is 6.10 Å². The summed E-state index contributed by atoms with van der Waals surface area (Å²) in [5.41, 5.74) is 2.32. The number of carbonyl (C=O) groups is 1. The normalized spacial score (nSPS) is 16.6. The Morgan fingerprint density at radius 3 is 2.37 bits per heavy atom. The quantitative estimate of drug-likeness (QED) is 0.611. The zero-order valence-electron chi connectivity index (χ0n) is 16.7. The van der Waals surface area contributed by atoms with Crippen LogP contribution in [0.4, 0.5) is 0 Å². The molecule has 0 heterocycles. The lowest BCUT2D eigenvalue weighted by molar-refractivity contribution is -0.141. The molecular formula is C21H28O6. The Bertz CT molecular complexity index is 719. The second-order valence-electron chi connectivity index (χ2n) is 6.18. The van der Waals surface area contributed by atoms with Gasteiger partial charge in [-0.05, 0) is 36.6 Å². The van der Waals surface area contributed by atoms with E-state index in [-0.39, 0.29) is 12.1 Å². The molecule has 1 unspecified atom stereocenters. The van der Waals surface area contributed by atoms with Gasteiger partial charge in [-0.1, -0.05) is 18.6 Å². The molecule has 0 amide bonds. The predicted molar refractivity (Wildman–Crippen MR) is 102 cm³/mol. The number of ether oxygens (including phenoxy) is 5. The van der Waals surface area contributed by atoms with Crippen LogP contribution >= 0.6 is 0 Å². The fourth-order valence-electron chi connectivity index (χ4n) is 2.98. The number of methoxy groups -OCH3 is 4. The summed E-state index contributed by atoms with van der Waals surface area (Å²) in [6, 6.07) is 5.92. The highest BCUT2D eigenvalue weighted by Gasteiger charge is 2.28. The van der Waals surface area contributed by atoms with E-state index >= 15 is 0 Å². The Hall–Kier alpha value is -2.47. The molecule has 27 heavy (non-hydrogen) atoms. The molecule has 6 nitrogen and oxygen atoms in total. The number of hydrogen-bond acceptors (Lipinski definition) is 6. The number of aryl methyl sites for hydroxylation is 1. The highest BCUT2D eigenvalue weighted by Crippen LogP contribution is 2.32. The molecule has 1 aromatic rings.